The fourth-order valence-electron chi connectivity index (χ4n) is 2.10. The molecule has 0 bridgehead atoms. The topological polar surface area (TPSA) is 29.5 Å². The van der Waals surface area contributed by atoms with Crippen molar-refractivity contribution in [3.8, 4) is 0 Å². The van der Waals surface area contributed by atoms with Crippen molar-refractivity contribution in [1.29, 1.82) is 0 Å². The monoisotopic (exact) mass is 295 g/mol. The zero-order valence-electron chi connectivity index (χ0n) is 12.7. The first-order valence-electron chi connectivity index (χ1n) is 7.40. The molecule has 0 saturated carbocycles. The van der Waals surface area contributed by atoms with Crippen molar-refractivity contribution in [2.24, 2.45) is 0 Å². The van der Waals surface area contributed by atoms with Crippen LogP contribution in [0, 0.1) is 0 Å². The molecule has 0 radical (unpaired) electrons. The minimum Gasteiger partial charge on any atom is -0.445 e. The molecule has 114 valence electrons. The molecule has 0 aromatic heterocycles. The van der Waals surface area contributed by atoms with Gasteiger partial charge in [-0.3, -0.25) is 0 Å². The highest BCUT2D eigenvalue weighted by atomic mass is 16.6. The Labute approximate surface area is 131 Å². The minimum atomic E-state index is -0.297. The molecule has 0 aliphatic heterocycles. The number of ether oxygens (including phenoxy) is 1. The molecule has 0 fully saturated rings. The van der Waals surface area contributed by atoms with Gasteiger partial charge in [-0.1, -0.05) is 66.7 Å². The maximum atomic E-state index is 12.3. The van der Waals surface area contributed by atoms with Crippen molar-refractivity contribution >= 4 is 6.09 Å². The summed E-state index contributed by atoms with van der Waals surface area (Å²) in [5, 5.41) is 0. The van der Waals surface area contributed by atoms with E-state index in [9.17, 15) is 4.79 Å². The van der Waals surface area contributed by atoms with Crippen LogP contribution in [0.1, 0.15) is 17.5 Å². The summed E-state index contributed by atoms with van der Waals surface area (Å²) in [4.78, 5) is 14.0. The summed E-state index contributed by atoms with van der Waals surface area (Å²) < 4.78 is 5.41. The van der Waals surface area contributed by atoms with Crippen LogP contribution in [0.4, 0.5) is 4.79 Å². The summed E-state index contributed by atoms with van der Waals surface area (Å²) in [7, 11) is 0. The number of nitrogens with zero attached hydrogens (tertiary/aromatic N) is 1. The smallest absolute Gasteiger partial charge is 0.410 e. The molecule has 0 spiro atoms. The number of rotatable bonds is 7. The first-order valence-corrected chi connectivity index (χ1v) is 7.40. The molecule has 0 aliphatic carbocycles. The number of hydrogen-bond acceptors (Lipinski definition) is 2. The maximum absolute atomic E-state index is 12.3. The summed E-state index contributed by atoms with van der Waals surface area (Å²) in [6.45, 7) is 5.15. The predicted molar refractivity (Wildman–Crippen MR) is 88.3 cm³/mol. The number of carbonyl (C=O) groups excluding carboxylic acids is 1. The van der Waals surface area contributed by atoms with Crippen molar-refractivity contribution in [3.63, 3.8) is 0 Å². The molecule has 3 heteroatoms. The lowest BCUT2D eigenvalue weighted by atomic mass is 10.2. The summed E-state index contributed by atoms with van der Waals surface area (Å²) in [5.74, 6) is 0. The highest BCUT2D eigenvalue weighted by Crippen LogP contribution is 2.09. The van der Waals surface area contributed by atoms with E-state index in [4.69, 9.17) is 4.74 Å². The lowest BCUT2D eigenvalue weighted by Gasteiger charge is -2.21. The Hall–Kier alpha value is -2.55. The molecule has 3 nitrogen and oxygen atoms in total. The van der Waals surface area contributed by atoms with Crippen molar-refractivity contribution < 1.29 is 9.53 Å². The van der Waals surface area contributed by atoms with Gasteiger partial charge < -0.3 is 9.64 Å². The van der Waals surface area contributed by atoms with E-state index in [2.05, 4.69) is 6.58 Å². The molecule has 0 aliphatic rings. The van der Waals surface area contributed by atoms with Crippen molar-refractivity contribution in [3.05, 3.63) is 84.4 Å². The quantitative estimate of drug-likeness (QED) is 0.708. The van der Waals surface area contributed by atoms with E-state index in [-0.39, 0.29) is 6.09 Å². The largest absolute Gasteiger partial charge is 0.445 e. The minimum absolute atomic E-state index is 0.291. The van der Waals surface area contributed by atoms with Gasteiger partial charge in [0.25, 0.3) is 0 Å². The second-order valence-electron chi connectivity index (χ2n) is 5.02. The molecule has 0 heterocycles. The Bertz CT molecular complexity index is 581. The third kappa shape index (κ3) is 5.09. The van der Waals surface area contributed by atoms with Crippen LogP contribution in [-0.4, -0.2) is 17.5 Å². The van der Waals surface area contributed by atoms with Crippen LogP contribution in [0.15, 0.2) is 73.3 Å². The number of hydrogen-bond donors (Lipinski definition) is 0. The van der Waals surface area contributed by atoms with Gasteiger partial charge >= 0.3 is 6.09 Å². The van der Waals surface area contributed by atoms with Crippen molar-refractivity contribution in [2.45, 2.75) is 19.6 Å². The Balaban J connectivity index is 1.95. The Morgan fingerprint density at radius 3 is 2.18 bits per heavy atom. The Kier molecular flexibility index (Phi) is 6.24. The number of carbonyl (C=O) groups is 1. The lowest BCUT2D eigenvalue weighted by molar-refractivity contribution is 0.0943. The molecule has 0 atom stereocenters. The molecule has 2 aromatic rings. The third-order valence-electron chi connectivity index (χ3n) is 3.28. The van der Waals surface area contributed by atoms with Crippen LogP contribution in [-0.2, 0) is 17.9 Å². The fourth-order valence-corrected chi connectivity index (χ4v) is 2.10. The molecule has 2 aromatic carbocycles. The van der Waals surface area contributed by atoms with Gasteiger partial charge in [0.2, 0.25) is 0 Å². The van der Waals surface area contributed by atoms with Crippen LogP contribution in [0.3, 0.4) is 0 Å². The number of benzene rings is 2. The Morgan fingerprint density at radius 1 is 1.00 bits per heavy atom. The van der Waals surface area contributed by atoms with Gasteiger partial charge in [-0.15, -0.1) is 6.58 Å². The first-order chi connectivity index (χ1) is 10.8. The van der Waals surface area contributed by atoms with Crippen LogP contribution < -0.4 is 0 Å². The highest BCUT2D eigenvalue weighted by molar-refractivity contribution is 5.67. The molecule has 22 heavy (non-hydrogen) atoms. The van der Waals surface area contributed by atoms with Crippen molar-refractivity contribution in [1.82, 2.24) is 4.90 Å². The first kappa shape index (κ1) is 15.8. The Morgan fingerprint density at radius 2 is 1.59 bits per heavy atom. The second-order valence-corrected chi connectivity index (χ2v) is 5.02. The van der Waals surface area contributed by atoms with E-state index in [1.165, 1.54) is 0 Å². The lowest BCUT2D eigenvalue weighted by Crippen LogP contribution is -2.31. The van der Waals surface area contributed by atoms with Gasteiger partial charge in [0.05, 0.1) is 0 Å². The molecule has 0 saturated heterocycles. The van der Waals surface area contributed by atoms with Crippen molar-refractivity contribution in [2.75, 3.05) is 6.54 Å². The summed E-state index contributed by atoms with van der Waals surface area (Å²) >= 11 is 0. The van der Waals surface area contributed by atoms with Crippen LogP contribution in [0.2, 0.25) is 0 Å². The molecular weight excluding hydrogens is 274 g/mol. The van der Waals surface area contributed by atoms with Gasteiger partial charge in [0, 0.05) is 13.1 Å². The van der Waals surface area contributed by atoms with Gasteiger partial charge in [0.15, 0.2) is 0 Å². The maximum Gasteiger partial charge on any atom is 0.410 e. The molecule has 0 N–H and O–H groups in total. The van der Waals surface area contributed by atoms with E-state index in [1.54, 1.807) is 4.90 Å². The molecule has 0 unspecified atom stereocenters. The van der Waals surface area contributed by atoms with E-state index in [1.807, 2.05) is 66.7 Å². The molecule has 1 amide bonds. The average Bonchev–Trinajstić information content (AvgIpc) is 2.58. The average molecular weight is 295 g/mol. The summed E-state index contributed by atoms with van der Waals surface area (Å²) in [5.41, 5.74) is 2.07. The van der Waals surface area contributed by atoms with E-state index in [0.717, 1.165) is 17.5 Å². The van der Waals surface area contributed by atoms with Gasteiger partial charge in [-0.25, -0.2) is 4.79 Å². The standard InChI is InChI=1S/C19H21NO2/c1-2-3-14-20(15-17-10-6-4-7-11-17)19(21)22-16-18-12-8-5-9-13-18/h2,4-13H,1,3,14-16H2. The second kappa shape index (κ2) is 8.67. The molecular formula is C19H21NO2. The van der Waals surface area contributed by atoms with Crippen LogP contribution in [0.25, 0.3) is 0 Å². The third-order valence-corrected chi connectivity index (χ3v) is 3.28. The van der Waals surface area contributed by atoms with E-state index >= 15 is 0 Å². The summed E-state index contributed by atoms with van der Waals surface area (Å²) in [6, 6.07) is 19.6. The van der Waals surface area contributed by atoms with Gasteiger partial charge in [-0.2, -0.15) is 0 Å². The fraction of sp³-hybridized carbons (Fsp3) is 0.211. The summed E-state index contributed by atoms with van der Waals surface area (Å²) in [6.07, 6.45) is 2.25. The number of amides is 1. The van der Waals surface area contributed by atoms with E-state index < -0.39 is 0 Å². The van der Waals surface area contributed by atoms with Gasteiger partial charge in [0.1, 0.15) is 6.61 Å². The normalized spacial score (nSPS) is 10.0. The van der Waals surface area contributed by atoms with Gasteiger partial charge in [-0.05, 0) is 17.5 Å². The van der Waals surface area contributed by atoms with E-state index in [0.29, 0.717) is 19.7 Å². The highest BCUT2D eigenvalue weighted by Gasteiger charge is 2.14. The zero-order valence-corrected chi connectivity index (χ0v) is 12.7. The zero-order chi connectivity index (χ0) is 15.6. The van der Waals surface area contributed by atoms with Crippen LogP contribution in [0.5, 0.6) is 0 Å². The molecule has 2 rings (SSSR count). The SMILES string of the molecule is C=CCCN(Cc1ccccc1)C(=O)OCc1ccccc1. The predicted octanol–water partition coefficient (Wildman–Crippen LogP) is 4.40. The van der Waals surface area contributed by atoms with Crippen LogP contribution >= 0.6 is 0 Å².